The standard InChI is InChI=1S/C19H14ClN3O4/c20-11-7-12-16(14(24)8-11)18(26)17-13(22-12)9-21-23-19(17)27-15(25)6-10-4-2-1-3-5-10/h1-5,7-9,21-23,26H,6H2. The number of esters is 1. The van der Waals surface area contributed by atoms with E-state index >= 15 is 0 Å². The number of aromatic nitrogens is 1. The summed E-state index contributed by atoms with van der Waals surface area (Å²) in [5.41, 5.74) is 6.22. The maximum atomic E-state index is 12.3. The summed E-state index contributed by atoms with van der Waals surface area (Å²) in [6, 6.07) is 11.9. The monoisotopic (exact) mass is 383 g/mol. The molecule has 2 heterocycles. The van der Waals surface area contributed by atoms with E-state index in [1.807, 2.05) is 30.3 Å². The number of ether oxygens (including phenoxy) is 1. The molecule has 0 unspecified atom stereocenters. The van der Waals surface area contributed by atoms with Crippen LogP contribution >= 0.6 is 11.6 Å². The predicted molar refractivity (Wildman–Crippen MR) is 100.0 cm³/mol. The Hall–Kier alpha value is -3.45. The summed E-state index contributed by atoms with van der Waals surface area (Å²) in [5.74, 6) is -0.817. The number of halogens is 1. The second-order valence-electron chi connectivity index (χ2n) is 5.97. The Kier molecular flexibility index (Phi) is 4.21. The van der Waals surface area contributed by atoms with Crippen LogP contribution < -0.4 is 26.8 Å². The Morgan fingerprint density at radius 1 is 1.19 bits per heavy atom. The number of hydrogen-bond acceptors (Lipinski definition) is 6. The van der Waals surface area contributed by atoms with Crippen molar-refractivity contribution in [3.63, 3.8) is 0 Å². The molecule has 0 atom stereocenters. The van der Waals surface area contributed by atoms with Crippen LogP contribution in [-0.2, 0) is 16.0 Å². The number of aromatic amines is 1. The van der Waals surface area contributed by atoms with Crippen LogP contribution in [0, 0.1) is 0 Å². The van der Waals surface area contributed by atoms with E-state index < -0.39 is 11.4 Å². The van der Waals surface area contributed by atoms with Gasteiger partial charge in [0.2, 0.25) is 5.88 Å². The zero-order valence-electron chi connectivity index (χ0n) is 13.9. The first-order chi connectivity index (χ1) is 13.0. The SMILES string of the molecule is O=C(Cc1ccccc1)OC1=c2c(O)c3c(=O)cc(Cl)cc-3[nH]c2=CNN1. The van der Waals surface area contributed by atoms with Gasteiger partial charge in [-0.2, -0.15) is 0 Å². The summed E-state index contributed by atoms with van der Waals surface area (Å²) in [6.07, 6.45) is 1.60. The molecule has 2 aliphatic heterocycles. The number of rotatable bonds is 3. The Morgan fingerprint density at radius 2 is 1.96 bits per heavy atom. The number of aromatic hydroxyl groups is 1. The lowest BCUT2D eigenvalue weighted by molar-refractivity contribution is -0.136. The third-order valence-electron chi connectivity index (χ3n) is 4.12. The minimum Gasteiger partial charge on any atom is -0.506 e. The Morgan fingerprint density at radius 3 is 2.74 bits per heavy atom. The molecule has 0 fully saturated rings. The molecule has 27 heavy (non-hydrogen) atoms. The number of hydrazine groups is 1. The lowest BCUT2D eigenvalue weighted by atomic mass is 10.1. The van der Waals surface area contributed by atoms with E-state index in [1.54, 1.807) is 0 Å². The lowest BCUT2D eigenvalue weighted by Gasteiger charge is -2.18. The van der Waals surface area contributed by atoms with Crippen molar-refractivity contribution in [2.75, 3.05) is 0 Å². The van der Waals surface area contributed by atoms with Crippen molar-refractivity contribution in [2.24, 2.45) is 0 Å². The molecule has 0 bridgehead atoms. The quantitative estimate of drug-likeness (QED) is 0.492. The highest BCUT2D eigenvalue weighted by molar-refractivity contribution is 6.30. The molecule has 3 aliphatic rings. The number of H-pyrrole nitrogens is 1. The van der Waals surface area contributed by atoms with E-state index in [9.17, 15) is 14.7 Å². The molecule has 0 aromatic heterocycles. The average Bonchev–Trinajstić information content (AvgIpc) is 2.61. The lowest BCUT2D eigenvalue weighted by Crippen LogP contribution is -2.47. The summed E-state index contributed by atoms with van der Waals surface area (Å²) in [7, 11) is 0. The highest BCUT2D eigenvalue weighted by atomic mass is 35.5. The molecule has 4 rings (SSSR count). The average molecular weight is 384 g/mol. The van der Waals surface area contributed by atoms with Crippen LogP contribution in [0.3, 0.4) is 0 Å². The van der Waals surface area contributed by atoms with E-state index in [2.05, 4.69) is 15.8 Å². The fraction of sp³-hybridized carbons (Fsp3) is 0.0526. The summed E-state index contributed by atoms with van der Waals surface area (Å²) < 4.78 is 5.39. The molecular formula is C19H14ClN3O4. The second-order valence-corrected chi connectivity index (χ2v) is 6.40. The van der Waals surface area contributed by atoms with Crippen molar-refractivity contribution < 1.29 is 14.6 Å². The Bertz CT molecular complexity index is 1190. The molecule has 0 saturated carbocycles. The third-order valence-corrected chi connectivity index (χ3v) is 4.33. The third kappa shape index (κ3) is 3.20. The number of pyridine rings is 1. The van der Waals surface area contributed by atoms with Gasteiger partial charge in [0.25, 0.3) is 0 Å². The molecule has 1 aromatic carbocycles. The van der Waals surface area contributed by atoms with Gasteiger partial charge in [0.05, 0.1) is 23.0 Å². The van der Waals surface area contributed by atoms with Crippen LogP contribution in [0.5, 0.6) is 5.75 Å². The largest absolute Gasteiger partial charge is 0.506 e. The van der Waals surface area contributed by atoms with Crippen LogP contribution in [0.4, 0.5) is 0 Å². The number of fused-ring (bicyclic) bond motifs is 2. The number of carbonyl (C=O) groups excluding carboxylic acids is 1. The van der Waals surface area contributed by atoms with Crippen molar-refractivity contribution in [3.8, 4) is 17.0 Å². The van der Waals surface area contributed by atoms with Crippen molar-refractivity contribution in [2.45, 2.75) is 6.42 Å². The van der Waals surface area contributed by atoms with E-state index in [0.29, 0.717) is 11.0 Å². The van der Waals surface area contributed by atoms with Gasteiger partial charge in [-0.15, -0.1) is 0 Å². The minimum absolute atomic E-state index is 0.00145. The van der Waals surface area contributed by atoms with Crippen molar-refractivity contribution in [1.82, 2.24) is 15.8 Å². The van der Waals surface area contributed by atoms with Gasteiger partial charge in [0, 0.05) is 17.3 Å². The predicted octanol–water partition coefficient (Wildman–Crippen LogP) is 0.536. The van der Waals surface area contributed by atoms with Crippen LogP contribution in [-0.4, -0.2) is 16.1 Å². The molecule has 1 aliphatic carbocycles. The first-order valence-electron chi connectivity index (χ1n) is 8.08. The molecule has 4 N–H and O–H groups in total. The van der Waals surface area contributed by atoms with Gasteiger partial charge in [0.15, 0.2) is 5.43 Å². The number of carbonyl (C=O) groups is 1. The normalized spacial score (nSPS) is 12.6. The van der Waals surface area contributed by atoms with Crippen LogP contribution in [0.25, 0.3) is 23.3 Å². The highest BCUT2D eigenvalue weighted by Gasteiger charge is 2.21. The van der Waals surface area contributed by atoms with Crippen molar-refractivity contribution in [3.05, 3.63) is 73.8 Å². The smallest absolute Gasteiger partial charge is 0.316 e. The molecular weight excluding hydrogens is 370 g/mol. The van der Waals surface area contributed by atoms with Gasteiger partial charge in [-0.3, -0.25) is 15.0 Å². The zero-order chi connectivity index (χ0) is 19.0. The maximum Gasteiger partial charge on any atom is 0.316 e. The number of nitrogens with one attached hydrogen (secondary N) is 3. The molecule has 8 heteroatoms. The van der Waals surface area contributed by atoms with Crippen LogP contribution in [0.2, 0.25) is 5.02 Å². The summed E-state index contributed by atoms with van der Waals surface area (Å²) in [5, 5.41) is 11.5. The summed E-state index contributed by atoms with van der Waals surface area (Å²) in [4.78, 5) is 27.5. The van der Waals surface area contributed by atoms with E-state index in [-0.39, 0.29) is 33.9 Å². The minimum atomic E-state index is -0.517. The van der Waals surface area contributed by atoms with Gasteiger partial charge in [-0.1, -0.05) is 41.9 Å². The molecule has 136 valence electrons. The molecule has 0 radical (unpaired) electrons. The fourth-order valence-electron chi connectivity index (χ4n) is 2.95. The molecule has 0 spiro atoms. The molecule has 0 amide bonds. The zero-order valence-corrected chi connectivity index (χ0v) is 14.6. The van der Waals surface area contributed by atoms with E-state index in [1.165, 1.54) is 18.3 Å². The second kappa shape index (κ2) is 6.69. The molecule has 0 saturated heterocycles. The summed E-state index contributed by atoms with van der Waals surface area (Å²) >= 11 is 5.92. The molecule has 1 aromatic rings. The van der Waals surface area contributed by atoms with Crippen molar-refractivity contribution in [1.29, 1.82) is 0 Å². The number of hydrogen-bond donors (Lipinski definition) is 4. The molecule has 7 nitrogen and oxygen atoms in total. The van der Waals surface area contributed by atoms with Gasteiger partial charge in [-0.25, -0.2) is 0 Å². The number of benzene rings is 2. The van der Waals surface area contributed by atoms with E-state index in [0.717, 1.165) is 5.56 Å². The summed E-state index contributed by atoms with van der Waals surface area (Å²) in [6.45, 7) is 0. The van der Waals surface area contributed by atoms with Crippen LogP contribution in [0.1, 0.15) is 5.56 Å². The van der Waals surface area contributed by atoms with E-state index in [4.69, 9.17) is 16.3 Å². The Labute approximate surface area is 157 Å². The van der Waals surface area contributed by atoms with Gasteiger partial charge < -0.3 is 20.3 Å². The first kappa shape index (κ1) is 17.0. The fourth-order valence-corrected chi connectivity index (χ4v) is 3.16. The first-order valence-corrected chi connectivity index (χ1v) is 8.46. The van der Waals surface area contributed by atoms with Crippen LogP contribution in [0.15, 0.2) is 47.3 Å². The Balaban J connectivity index is 1.82. The maximum absolute atomic E-state index is 12.3. The van der Waals surface area contributed by atoms with Gasteiger partial charge in [-0.05, 0) is 11.6 Å². The van der Waals surface area contributed by atoms with Gasteiger partial charge in [0.1, 0.15) is 11.0 Å². The highest BCUT2D eigenvalue weighted by Crippen LogP contribution is 2.24. The van der Waals surface area contributed by atoms with Crippen molar-refractivity contribution >= 4 is 29.7 Å². The topological polar surface area (TPSA) is 103 Å². The van der Waals surface area contributed by atoms with Gasteiger partial charge >= 0.3 is 5.97 Å².